The van der Waals surface area contributed by atoms with Gasteiger partial charge in [0.1, 0.15) is 0 Å². The minimum atomic E-state index is -0.860. The summed E-state index contributed by atoms with van der Waals surface area (Å²) < 4.78 is 4.87. The Morgan fingerprint density at radius 1 is 1.35 bits per heavy atom. The molecule has 0 radical (unpaired) electrons. The number of carbonyl (C=O) groups excluding carboxylic acids is 2. The molecule has 0 bridgehead atoms. The zero-order valence-corrected chi connectivity index (χ0v) is 12.7. The van der Waals surface area contributed by atoms with Crippen molar-refractivity contribution in [3.05, 3.63) is 33.9 Å². The van der Waals surface area contributed by atoms with Crippen LogP contribution in [0.1, 0.15) is 23.7 Å². The van der Waals surface area contributed by atoms with Crippen molar-refractivity contribution in [2.75, 3.05) is 31.6 Å². The first-order valence-corrected chi connectivity index (χ1v) is 7.06. The van der Waals surface area contributed by atoms with Gasteiger partial charge in [0, 0.05) is 30.9 Å². The van der Waals surface area contributed by atoms with Gasteiger partial charge in [0.25, 0.3) is 11.6 Å². The summed E-state index contributed by atoms with van der Waals surface area (Å²) in [4.78, 5) is 33.7. The molecule has 0 aliphatic heterocycles. The van der Waals surface area contributed by atoms with Crippen molar-refractivity contribution < 1.29 is 24.4 Å². The van der Waals surface area contributed by atoms with Gasteiger partial charge in [-0.2, -0.15) is 0 Å². The first-order valence-electron chi connectivity index (χ1n) is 7.06. The molecule has 1 amide bonds. The van der Waals surface area contributed by atoms with E-state index in [0.717, 1.165) is 12.5 Å². The van der Waals surface area contributed by atoms with E-state index in [0.29, 0.717) is 6.54 Å². The lowest BCUT2D eigenvalue weighted by Gasteiger charge is -2.11. The number of hydrogen-bond donors (Lipinski definition) is 3. The molecule has 9 nitrogen and oxygen atoms in total. The summed E-state index contributed by atoms with van der Waals surface area (Å²) >= 11 is 0. The number of anilines is 1. The van der Waals surface area contributed by atoms with Crippen molar-refractivity contribution in [1.82, 2.24) is 5.32 Å². The minimum absolute atomic E-state index is 0.0732. The van der Waals surface area contributed by atoms with E-state index in [1.54, 1.807) is 0 Å². The van der Waals surface area contributed by atoms with Crippen LogP contribution in [0.15, 0.2) is 18.2 Å². The van der Waals surface area contributed by atoms with E-state index in [9.17, 15) is 19.7 Å². The lowest BCUT2D eigenvalue weighted by atomic mass is 10.1. The van der Waals surface area contributed by atoms with Gasteiger partial charge in [0.2, 0.25) is 0 Å². The molecule has 0 saturated carbocycles. The quantitative estimate of drug-likeness (QED) is 0.346. The summed E-state index contributed by atoms with van der Waals surface area (Å²) in [5, 5.41) is 24.9. The van der Waals surface area contributed by atoms with Crippen LogP contribution in [0.5, 0.6) is 0 Å². The standard InChI is InChI=1S/C14H19N3O6/c1-2-5-16-13(19)9-23-14(20)11-8-10(17(21)22)3-4-12(11)15-6-7-18/h3-4,8,15,18H,2,5-7,9H2,1H3,(H,16,19). The van der Waals surface area contributed by atoms with Gasteiger partial charge in [-0.1, -0.05) is 6.92 Å². The van der Waals surface area contributed by atoms with Crippen LogP contribution in [-0.4, -0.2) is 48.2 Å². The third kappa shape index (κ3) is 5.91. The Labute approximate surface area is 132 Å². The topological polar surface area (TPSA) is 131 Å². The number of nitro groups is 1. The van der Waals surface area contributed by atoms with Crippen LogP contribution in [-0.2, 0) is 9.53 Å². The maximum absolute atomic E-state index is 12.1. The van der Waals surface area contributed by atoms with Crippen LogP contribution in [0, 0.1) is 10.1 Å². The van der Waals surface area contributed by atoms with E-state index in [4.69, 9.17) is 9.84 Å². The molecule has 0 spiro atoms. The number of nitrogens with zero attached hydrogens (tertiary/aromatic N) is 1. The number of hydrogen-bond acceptors (Lipinski definition) is 7. The molecule has 1 aromatic rings. The number of ether oxygens (including phenoxy) is 1. The molecule has 0 aliphatic carbocycles. The molecule has 0 atom stereocenters. The summed E-state index contributed by atoms with van der Waals surface area (Å²) in [5.41, 5.74) is -0.0681. The monoisotopic (exact) mass is 325 g/mol. The van der Waals surface area contributed by atoms with Gasteiger partial charge in [0.05, 0.1) is 17.1 Å². The maximum atomic E-state index is 12.1. The fourth-order valence-electron chi connectivity index (χ4n) is 1.68. The Bertz CT molecular complexity index is 576. The van der Waals surface area contributed by atoms with Gasteiger partial charge in [-0.25, -0.2) is 4.79 Å². The van der Waals surface area contributed by atoms with E-state index in [-0.39, 0.29) is 30.1 Å². The second kappa shape index (κ2) is 9.36. The Balaban J connectivity index is 2.84. The Morgan fingerprint density at radius 2 is 2.09 bits per heavy atom. The fourth-order valence-corrected chi connectivity index (χ4v) is 1.68. The number of rotatable bonds is 9. The van der Waals surface area contributed by atoms with Gasteiger partial charge >= 0.3 is 5.97 Å². The SMILES string of the molecule is CCCNC(=O)COC(=O)c1cc([N+](=O)[O-])ccc1NCCO. The van der Waals surface area contributed by atoms with E-state index in [1.807, 2.05) is 6.92 Å². The normalized spacial score (nSPS) is 10.0. The smallest absolute Gasteiger partial charge is 0.341 e. The highest BCUT2D eigenvalue weighted by Crippen LogP contribution is 2.23. The molecular weight excluding hydrogens is 306 g/mol. The van der Waals surface area contributed by atoms with Crippen LogP contribution < -0.4 is 10.6 Å². The van der Waals surface area contributed by atoms with Crippen LogP contribution in [0.25, 0.3) is 0 Å². The number of benzene rings is 1. The number of nitrogens with one attached hydrogen (secondary N) is 2. The Kier molecular flexibility index (Phi) is 7.48. The molecule has 3 N–H and O–H groups in total. The average Bonchev–Trinajstić information content (AvgIpc) is 2.55. The summed E-state index contributed by atoms with van der Waals surface area (Å²) in [6.45, 7) is 1.87. The predicted octanol–water partition coefficient (Wildman–Crippen LogP) is 0.682. The second-order valence-corrected chi connectivity index (χ2v) is 4.56. The van der Waals surface area contributed by atoms with E-state index < -0.39 is 23.4 Å². The zero-order valence-electron chi connectivity index (χ0n) is 12.7. The highest BCUT2D eigenvalue weighted by molar-refractivity contribution is 5.97. The third-order valence-corrected chi connectivity index (χ3v) is 2.77. The van der Waals surface area contributed by atoms with Gasteiger partial charge < -0.3 is 20.5 Å². The number of non-ortho nitro benzene ring substituents is 1. The van der Waals surface area contributed by atoms with Gasteiger partial charge in [-0.15, -0.1) is 0 Å². The van der Waals surface area contributed by atoms with Crippen LogP contribution in [0.4, 0.5) is 11.4 Å². The maximum Gasteiger partial charge on any atom is 0.341 e. The van der Waals surface area contributed by atoms with Crippen LogP contribution in [0.2, 0.25) is 0 Å². The van der Waals surface area contributed by atoms with Crippen molar-refractivity contribution in [1.29, 1.82) is 0 Å². The Hall–Kier alpha value is -2.68. The summed E-state index contributed by atoms with van der Waals surface area (Å²) in [5.74, 6) is -1.31. The van der Waals surface area contributed by atoms with Gasteiger partial charge in [-0.05, 0) is 12.5 Å². The molecular formula is C14H19N3O6. The highest BCUT2D eigenvalue weighted by Gasteiger charge is 2.18. The molecule has 126 valence electrons. The van der Waals surface area contributed by atoms with E-state index in [2.05, 4.69) is 10.6 Å². The molecule has 0 saturated heterocycles. The van der Waals surface area contributed by atoms with Crippen molar-refractivity contribution in [2.24, 2.45) is 0 Å². The molecule has 0 fully saturated rings. The average molecular weight is 325 g/mol. The lowest BCUT2D eigenvalue weighted by molar-refractivity contribution is -0.384. The van der Waals surface area contributed by atoms with E-state index >= 15 is 0 Å². The molecule has 0 aliphatic rings. The number of aliphatic hydroxyl groups excluding tert-OH is 1. The van der Waals surface area contributed by atoms with E-state index in [1.165, 1.54) is 12.1 Å². The molecule has 0 unspecified atom stereocenters. The van der Waals surface area contributed by atoms with Crippen molar-refractivity contribution in [3.63, 3.8) is 0 Å². The molecule has 0 heterocycles. The number of nitro benzene ring substituents is 1. The van der Waals surface area contributed by atoms with Crippen LogP contribution in [0.3, 0.4) is 0 Å². The highest BCUT2D eigenvalue weighted by atomic mass is 16.6. The Morgan fingerprint density at radius 3 is 2.70 bits per heavy atom. The van der Waals surface area contributed by atoms with Gasteiger partial charge in [-0.3, -0.25) is 14.9 Å². The minimum Gasteiger partial charge on any atom is -0.452 e. The molecule has 23 heavy (non-hydrogen) atoms. The third-order valence-electron chi connectivity index (χ3n) is 2.77. The van der Waals surface area contributed by atoms with Crippen molar-refractivity contribution in [3.8, 4) is 0 Å². The number of amides is 1. The number of esters is 1. The van der Waals surface area contributed by atoms with Crippen LogP contribution >= 0.6 is 0 Å². The van der Waals surface area contributed by atoms with Crippen molar-refractivity contribution in [2.45, 2.75) is 13.3 Å². The zero-order chi connectivity index (χ0) is 17.2. The second-order valence-electron chi connectivity index (χ2n) is 4.56. The summed E-state index contributed by atoms with van der Waals surface area (Å²) in [6.07, 6.45) is 0.750. The van der Waals surface area contributed by atoms with Crippen molar-refractivity contribution >= 4 is 23.3 Å². The lowest BCUT2D eigenvalue weighted by Crippen LogP contribution is -2.29. The predicted molar refractivity (Wildman–Crippen MR) is 82.3 cm³/mol. The van der Waals surface area contributed by atoms with Gasteiger partial charge in [0.15, 0.2) is 6.61 Å². The molecule has 1 rings (SSSR count). The first-order chi connectivity index (χ1) is 11.0. The summed E-state index contributed by atoms with van der Waals surface area (Å²) in [7, 11) is 0. The molecule has 1 aromatic carbocycles. The number of aliphatic hydroxyl groups is 1. The largest absolute Gasteiger partial charge is 0.452 e. The summed E-state index contributed by atoms with van der Waals surface area (Å²) in [6, 6.07) is 3.64. The number of carbonyl (C=O) groups is 2. The molecule has 9 heteroatoms. The molecule has 0 aromatic heterocycles. The fraction of sp³-hybridized carbons (Fsp3) is 0.429. The first kappa shape index (κ1) is 18.4.